The molecule has 114 valence electrons. The van der Waals surface area contributed by atoms with Gasteiger partial charge >= 0.3 is 0 Å². The lowest BCUT2D eigenvalue weighted by molar-refractivity contribution is 0.237. The van der Waals surface area contributed by atoms with Crippen molar-refractivity contribution in [3.8, 4) is 0 Å². The third kappa shape index (κ3) is 10.7. The number of rotatable bonds is 8. The molecule has 1 aliphatic carbocycles. The summed E-state index contributed by atoms with van der Waals surface area (Å²) < 4.78 is 0. The van der Waals surface area contributed by atoms with Gasteiger partial charge in [0.25, 0.3) is 0 Å². The Hall–Kier alpha value is -1.24. The standard InChI is InChI=1S/C15H27NO.CHNO/c1-2-3-7-14-9-6-10-15(12-14)8-4-5-11-16-13-17;2-1-3/h14-15H,2-12H2,1H3;2H. The minimum Gasteiger partial charge on any atom is -0.222 e. The Bertz CT molecular complexity index is 306. The molecule has 1 saturated carbocycles. The average molecular weight is 280 g/mol. The monoisotopic (exact) mass is 280 g/mol. The first-order valence-electron chi connectivity index (χ1n) is 7.85. The van der Waals surface area contributed by atoms with Gasteiger partial charge in [-0.3, -0.25) is 0 Å². The van der Waals surface area contributed by atoms with E-state index < -0.39 is 0 Å². The molecule has 0 radical (unpaired) electrons. The summed E-state index contributed by atoms with van der Waals surface area (Å²) in [6, 6.07) is 0. The number of carbonyl (C=O) groups excluding carboxylic acids is 2. The van der Waals surface area contributed by atoms with Gasteiger partial charge in [-0.1, -0.05) is 58.3 Å². The Labute approximate surface area is 122 Å². The molecule has 1 rings (SSSR count). The highest BCUT2D eigenvalue weighted by molar-refractivity contribution is 5.32. The molecule has 0 amide bonds. The highest BCUT2D eigenvalue weighted by atomic mass is 16.1. The van der Waals surface area contributed by atoms with E-state index in [4.69, 9.17) is 10.2 Å². The lowest BCUT2D eigenvalue weighted by Crippen LogP contribution is -2.15. The van der Waals surface area contributed by atoms with E-state index in [1.165, 1.54) is 57.8 Å². The fraction of sp³-hybridized carbons (Fsp3) is 0.875. The average Bonchev–Trinajstić information content (AvgIpc) is 2.46. The second-order valence-corrected chi connectivity index (χ2v) is 5.61. The maximum absolute atomic E-state index is 9.92. The predicted molar refractivity (Wildman–Crippen MR) is 80.2 cm³/mol. The minimum atomic E-state index is 0.676. The van der Waals surface area contributed by atoms with E-state index in [0.717, 1.165) is 24.3 Å². The second kappa shape index (κ2) is 14.2. The largest absolute Gasteiger partial charge is 0.234 e. The van der Waals surface area contributed by atoms with Gasteiger partial charge in [-0.15, -0.1) is 0 Å². The molecule has 2 atom stereocenters. The minimum absolute atomic E-state index is 0.676. The zero-order chi connectivity index (χ0) is 15.1. The molecule has 4 nitrogen and oxygen atoms in total. The van der Waals surface area contributed by atoms with Crippen molar-refractivity contribution in [3.05, 3.63) is 0 Å². The van der Waals surface area contributed by atoms with Gasteiger partial charge in [0, 0.05) is 0 Å². The van der Waals surface area contributed by atoms with Crippen molar-refractivity contribution in [1.82, 2.24) is 0 Å². The highest BCUT2D eigenvalue weighted by Crippen LogP contribution is 2.34. The summed E-state index contributed by atoms with van der Waals surface area (Å²) in [7, 11) is 0. The zero-order valence-corrected chi connectivity index (χ0v) is 12.7. The van der Waals surface area contributed by atoms with E-state index in [9.17, 15) is 4.79 Å². The summed E-state index contributed by atoms with van der Waals surface area (Å²) in [4.78, 5) is 21.9. The molecule has 0 aromatic carbocycles. The van der Waals surface area contributed by atoms with Gasteiger partial charge in [0.2, 0.25) is 12.2 Å². The third-order valence-electron chi connectivity index (χ3n) is 4.05. The van der Waals surface area contributed by atoms with E-state index in [2.05, 4.69) is 11.9 Å². The van der Waals surface area contributed by atoms with Crippen LogP contribution in [-0.4, -0.2) is 18.7 Å². The van der Waals surface area contributed by atoms with Crippen LogP contribution in [0.15, 0.2) is 4.99 Å². The molecule has 1 N–H and O–H groups in total. The Morgan fingerprint density at radius 2 is 1.70 bits per heavy atom. The van der Waals surface area contributed by atoms with Crippen LogP contribution >= 0.6 is 0 Å². The summed E-state index contributed by atoms with van der Waals surface area (Å²) in [5.74, 6) is 1.95. The van der Waals surface area contributed by atoms with Crippen LogP contribution in [0.5, 0.6) is 0 Å². The molecular weight excluding hydrogens is 252 g/mol. The first kappa shape index (κ1) is 18.8. The van der Waals surface area contributed by atoms with Crippen molar-refractivity contribution in [3.63, 3.8) is 0 Å². The molecular formula is C16H28N2O2. The molecule has 20 heavy (non-hydrogen) atoms. The second-order valence-electron chi connectivity index (χ2n) is 5.61. The van der Waals surface area contributed by atoms with Gasteiger partial charge in [0.15, 0.2) is 0 Å². The van der Waals surface area contributed by atoms with Gasteiger partial charge in [-0.25, -0.2) is 20.0 Å². The van der Waals surface area contributed by atoms with Gasteiger partial charge in [0.05, 0.1) is 6.54 Å². The van der Waals surface area contributed by atoms with Gasteiger partial charge in [-0.2, -0.15) is 0 Å². The van der Waals surface area contributed by atoms with Gasteiger partial charge in [0.1, 0.15) is 0 Å². The van der Waals surface area contributed by atoms with Crippen LogP contribution < -0.4 is 0 Å². The van der Waals surface area contributed by atoms with Gasteiger partial charge < -0.3 is 0 Å². The van der Waals surface area contributed by atoms with Crippen molar-refractivity contribution in [1.29, 1.82) is 5.41 Å². The number of unbranched alkanes of at least 4 members (excludes halogenated alkanes) is 2. The van der Waals surface area contributed by atoms with Crippen molar-refractivity contribution in [2.24, 2.45) is 16.8 Å². The van der Waals surface area contributed by atoms with Crippen LogP contribution in [0.25, 0.3) is 0 Å². The van der Waals surface area contributed by atoms with Crippen LogP contribution in [0.2, 0.25) is 0 Å². The van der Waals surface area contributed by atoms with Crippen LogP contribution in [0.1, 0.15) is 71.1 Å². The molecule has 1 aliphatic rings. The first-order chi connectivity index (χ1) is 9.78. The van der Waals surface area contributed by atoms with E-state index in [-0.39, 0.29) is 0 Å². The molecule has 1 fully saturated rings. The maximum atomic E-state index is 9.92. The number of aliphatic imine (C=N–C) groups is 1. The number of hydrogen-bond donors (Lipinski definition) is 1. The van der Waals surface area contributed by atoms with E-state index in [1.54, 1.807) is 6.08 Å². The quantitative estimate of drug-likeness (QED) is 0.407. The molecule has 0 spiro atoms. The topological polar surface area (TPSA) is 70.3 Å². The summed E-state index contributed by atoms with van der Waals surface area (Å²) in [5, 5.41) is 5.40. The number of hydrogen-bond acceptors (Lipinski definition) is 4. The number of nitrogens with one attached hydrogen (secondary N) is 1. The van der Waals surface area contributed by atoms with E-state index in [0.29, 0.717) is 6.54 Å². The predicted octanol–water partition coefficient (Wildman–Crippen LogP) is 4.39. The normalized spacial score (nSPS) is 21.1. The van der Waals surface area contributed by atoms with E-state index >= 15 is 0 Å². The Kier molecular flexibility index (Phi) is 13.3. The van der Waals surface area contributed by atoms with Crippen molar-refractivity contribution < 1.29 is 9.59 Å². The van der Waals surface area contributed by atoms with Crippen LogP contribution in [0, 0.1) is 17.2 Å². The number of isocyanates is 2. The summed E-state index contributed by atoms with van der Waals surface area (Å²) in [6.45, 7) is 2.96. The molecule has 0 aromatic rings. The molecule has 0 heterocycles. The fourth-order valence-electron chi connectivity index (χ4n) is 3.09. The Balaban J connectivity index is 0.00000110. The lowest BCUT2D eigenvalue weighted by atomic mass is 9.77. The first-order valence-corrected chi connectivity index (χ1v) is 7.85. The van der Waals surface area contributed by atoms with Crippen LogP contribution in [0.3, 0.4) is 0 Å². The zero-order valence-electron chi connectivity index (χ0n) is 12.7. The van der Waals surface area contributed by atoms with Crippen LogP contribution in [-0.2, 0) is 9.59 Å². The third-order valence-corrected chi connectivity index (χ3v) is 4.05. The molecule has 4 heteroatoms. The van der Waals surface area contributed by atoms with Crippen LogP contribution in [0.4, 0.5) is 0 Å². The SMILES string of the molecule is CCCCC1CCCC(CCCCN=C=O)C1.N=C=O. The summed E-state index contributed by atoms with van der Waals surface area (Å²) in [5.41, 5.74) is 0. The highest BCUT2D eigenvalue weighted by Gasteiger charge is 2.20. The van der Waals surface area contributed by atoms with Gasteiger partial charge in [-0.05, 0) is 24.7 Å². The summed E-state index contributed by atoms with van der Waals surface area (Å²) >= 11 is 0. The number of nitrogens with zero attached hydrogens (tertiary/aromatic N) is 1. The van der Waals surface area contributed by atoms with Crippen molar-refractivity contribution in [2.45, 2.75) is 71.1 Å². The smallest absolute Gasteiger partial charge is 0.222 e. The van der Waals surface area contributed by atoms with Crippen molar-refractivity contribution in [2.75, 3.05) is 6.54 Å². The van der Waals surface area contributed by atoms with E-state index in [1.807, 2.05) is 0 Å². The van der Waals surface area contributed by atoms with Crippen molar-refractivity contribution >= 4 is 12.2 Å². The molecule has 0 aliphatic heterocycles. The molecule has 0 bridgehead atoms. The molecule has 0 saturated heterocycles. The lowest BCUT2D eigenvalue weighted by Gasteiger charge is -2.29. The summed E-state index contributed by atoms with van der Waals surface area (Å²) in [6.07, 6.45) is 16.0. The molecule has 0 aromatic heterocycles. The maximum Gasteiger partial charge on any atom is 0.234 e. The fourth-order valence-corrected chi connectivity index (χ4v) is 3.09. The molecule has 2 unspecified atom stereocenters. The Morgan fingerprint density at radius 3 is 2.25 bits per heavy atom. The Morgan fingerprint density at radius 1 is 1.10 bits per heavy atom.